The highest BCUT2D eigenvalue weighted by Crippen LogP contribution is 2.12. The maximum Gasteiger partial charge on any atom is 0.102 e. The Hall–Kier alpha value is -0.120. The third-order valence-electron chi connectivity index (χ3n) is 4.27. The fraction of sp³-hybridized carbons (Fsp3) is 1.00. The van der Waals surface area contributed by atoms with E-state index in [9.17, 15) is 0 Å². The summed E-state index contributed by atoms with van der Waals surface area (Å²) in [6.07, 6.45) is 8.21. The molecule has 116 valence electrons. The molecule has 0 aliphatic carbocycles. The Kier molecular flexibility index (Phi) is 12.8. The first-order chi connectivity index (χ1) is 9.24. The first-order valence-corrected chi connectivity index (χ1v) is 8.28. The zero-order valence-electron chi connectivity index (χ0n) is 13.5. The molecule has 0 aliphatic heterocycles. The van der Waals surface area contributed by atoms with Gasteiger partial charge in [0.05, 0.1) is 39.5 Å². The monoisotopic (exact) mass is 274 g/mol. The fourth-order valence-corrected chi connectivity index (χ4v) is 2.62. The number of unbranched alkanes of at least 4 members (excludes halogenated alkanes) is 5. The lowest BCUT2D eigenvalue weighted by molar-refractivity contribution is -0.925. The zero-order chi connectivity index (χ0) is 14.4. The number of likely N-dealkylation sites (N-methyl/N-ethyl adjacent to an activating group) is 1. The van der Waals surface area contributed by atoms with Crippen molar-refractivity contribution < 1.29 is 14.3 Å². The molecule has 0 bridgehead atoms. The molecule has 0 fully saturated rings. The van der Waals surface area contributed by atoms with E-state index in [4.69, 9.17) is 9.84 Å². The third kappa shape index (κ3) is 9.42. The SMILES string of the molecule is CCCCCCCC[N+](CC)(CC)CCOCCO. The van der Waals surface area contributed by atoms with E-state index in [0.29, 0.717) is 6.61 Å². The zero-order valence-corrected chi connectivity index (χ0v) is 13.5. The maximum atomic E-state index is 8.72. The predicted molar refractivity (Wildman–Crippen MR) is 82.4 cm³/mol. The van der Waals surface area contributed by atoms with Crippen molar-refractivity contribution in [1.29, 1.82) is 0 Å². The number of aliphatic hydroxyl groups is 1. The van der Waals surface area contributed by atoms with E-state index in [2.05, 4.69) is 20.8 Å². The lowest BCUT2D eigenvalue weighted by Gasteiger charge is -2.37. The number of hydrogen-bond donors (Lipinski definition) is 1. The highest BCUT2D eigenvalue weighted by atomic mass is 16.5. The lowest BCUT2D eigenvalue weighted by atomic mass is 10.1. The minimum absolute atomic E-state index is 0.135. The quantitative estimate of drug-likeness (QED) is 0.389. The molecule has 0 saturated carbocycles. The fourth-order valence-electron chi connectivity index (χ4n) is 2.62. The van der Waals surface area contributed by atoms with Crippen LogP contribution >= 0.6 is 0 Å². The predicted octanol–water partition coefficient (Wildman–Crippen LogP) is 3.21. The third-order valence-corrected chi connectivity index (χ3v) is 4.27. The van der Waals surface area contributed by atoms with Crippen molar-refractivity contribution in [3.8, 4) is 0 Å². The van der Waals surface area contributed by atoms with E-state index in [1.165, 1.54) is 62.6 Å². The van der Waals surface area contributed by atoms with Gasteiger partial charge in [-0.05, 0) is 26.7 Å². The topological polar surface area (TPSA) is 29.5 Å². The molecule has 0 radical (unpaired) electrons. The molecule has 0 unspecified atom stereocenters. The molecule has 3 nitrogen and oxygen atoms in total. The Balaban J connectivity index is 3.81. The van der Waals surface area contributed by atoms with Gasteiger partial charge in [-0.2, -0.15) is 0 Å². The molecular weight excluding hydrogens is 238 g/mol. The number of aliphatic hydroxyl groups excluding tert-OH is 1. The standard InChI is InChI=1S/C16H36NO2/c1-4-7-8-9-10-11-12-17(5-2,6-3)13-15-19-16-14-18/h18H,4-16H2,1-3H3/q+1. The van der Waals surface area contributed by atoms with Gasteiger partial charge in [0.25, 0.3) is 0 Å². The van der Waals surface area contributed by atoms with Crippen LogP contribution in [0.5, 0.6) is 0 Å². The first kappa shape index (κ1) is 18.9. The van der Waals surface area contributed by atoms with Crippen LogP contribution in [-0.2, 0) is 4.74 Å². The van der Waals surface area contributed by atoms with Crippen molar-refractivity contribution in [2.24, 2.45) is 0 Å². The van der Waals surface area contributed by atoms with Crippen molar-refractivity contribution in [2.75, 3.05) is 46.0 Å². The van der Waals surface area contributed by atoms with E-state index in [-0.39, 0.29) is 6.61 Å². The molecule has 0 aromatic rings. The average molecular weight is 274 g/mol. The average Bonchev–Trinajstić information content (AvgIpc) is 2.45. The molecule has 0 aromatic carbocycles. The largest absolute Gasteiger partial charge is 0.394 e. The second-order valence-corrected chi connectivity index (χ2v) is 5.53. The molecule has 0 aliphatic rings. The Bertz CT molecular complexity index is 182. The number of quaternary nitrogens is 1. The Morgan fingerprint density at radius 2 is 1.42 bits per heavy atom. The molecule has 0 saturated heterocycles. The molecule has 0 spiro atoms. The Morgan fingerprint density at radius 3 is 2.00 bits per heavy atom. The molecule has 0 amide bonds. The normalized spacial score (nSPS) is 12.0. The van der Waals surface area contributed by atoms with Gasteiger partial charge in [0.1, 0.15) is 6.54 Å². The van der Waals surface area contributed by atoms with Gasteiger partial charge in [0, 0.05) is 0 Å². The van der Waals surface area contributed by atoms with E-state index in [1.807, 2.05) is 0 Å². The minimum Gasteiger partial charge on any atom is -0.394 e. The maximum absolute atomic E-state index is 8.72. The molecule has 0 rings (SSSR count). The summed E-state index contributed by atoms with van der Waals surface area (Å²) < 4.78 is 6.60. The van der Waals surface area contributed by atoms with Gasteiger partial charge in [0.15, 0.2) is 0 Å². The van der Waals surface area contributed by atoms with Crippen molar-refractivity contribution in [2.45, 2.75) is 59.3 Å². The van der Waals surface area contributed by atoms with E-state index < -0.39 is 0 Å². The van der Waals surface area contributed by atoms with E-state index >= 15 is 0 Å². The van der Waals surface area contributed by atoms with Gasteiger partial charge in [-0.25, -0.2) is 0 Å². The number of ether oxygens (including phenoxy) is 1. The van der Waals surface area contributed by atoms with Crippen molar-refractivity contribution >= 4 is 0 Å². The van der Waals surface area contributed by atoms with Gasteiger partial charge in [-0.1, -0.05) is 32.6 Å². The smallest absolute Gasteiger partial charge is 0.102 e. The van der Waals surface area contributed by atoms with Crippen LogP contribution in [0.15, 0.2) is 0 Å². The molecule has 0 aromatic heterocycles. The van der Waals surface area contributed by atoms with Crippen molar-refractivity contribution in [3.05, 3.63) is 0 Å². The van der Waals surface area contributed by atoms with Crippen molar-refractivity contribution in [1.82, 2.24) is 0 Å². The van der Waals surface area contributed by atoms with E-state index in [1.54, 1.807) is 0 Å². The van der Waals surface area contributed by atoms with Crippen molar-refractivity contribution in [3.63, 3.8) is 0 Å². The van der Waals surface area contributed by atoms with Gasteiger partial charge in [-0.3, -0.25) is 0 Å². The minimum atomic E-state index is 0.135. The van der Waals surface area contributed by atoms with Crippen LogP contribution < -0.4 is 0 Å². The Labute approximate surface area is 120 Å². The summed E-state index contributed by atoms with van der Waals surface area (Å²) >= 11 is 0. The summed E-state index contributed by atoms with van der Waals surface area (Å²) in [6, 6.07) is 0. The summed E-state index contributed by atoms with van der Waals surface area (Å²) in [4.78, 5) is 0. The summed E-state index contributed by atoms with van der Waals surface area (Å²) in [5.74, 6) is 0. The summed E-state index contributed by atoms with van der Waals surface area (Å²) in [5.41, 5.74) is 0. The molecule has 19 heavy (non-hydrogen) atoms. The number of rotatable bonds is 14. The van der Waals surface area contributed by atoms with Crippen LogP contribution in [-0.4, -0.2) is 55.6 Å². The van der Waals surface area contributed by atoms with Crippen LogP contribution in [0.25, 0.3) is 0 Å². The van der Waals surface area contributed by atoms with Crippen LogP contribution in [0.3, 0.4) is 0 Å². The van der Waals surface area contributed by atoms with E-state index in [0.717, 1.165) is 13.2 Å². The second-order valence-electron chi connectivity index (χ2n) is 5.53. The molecule has 0 heterocycles. The molecular formula is C16H36NO2+. The second kappa shape index (κ2) is 12.9. The lowest BCUT2D eigenvalue weighted by Crippen LogP contribution is -2.50. The summed E-state index contributed by atoms with van der Waals surface area (Å²) in [5, 5.41) is 8.72. The van der Waals surface area contributed by atoms with Gasteiger partial charge in [-0.15, -0.1) is 0 Å². The van der Waals surface area contributed by atoms with Crippen LogP contribution in [0, 0.1) is 0 Å². The molecule has 1 N–H and O–H groups in total. The van der Waals surface area contributed by atoms with Gasteiger partial charge in [0.2, 0.25) is 0 Å². The summed E-state index contributed by atoms with van der Waals surface area (Å²) in [6.45, 7) is 13.0. The van der Waals surface area contributed by atoms with Gasteiger partial charge >= 0.3 is 0 Å². The van der Waals surface area contributed by atoms with Crippen LogP contribution in [0.2, 0.25) is 0 Å². The summed E-state index contributed by atoms with van der Waals surface area (Å²) in [7, 11) is 0. The highest BCUT2D eigenvalue weighted by molar-refractivity contribution is 4.47. The Morgan fingerprint density at radius 1 is 0.789 bits per heavy atom. The number of hydrogen-bond acceptors (Lipinski definition) is 2. The highest BCUT2D eigenvalue weighted by Gasteiger charge is 2.22. The van der Waals surface area contributed by atoms with Crippen LogP contribution in [0.4, 0.5) is 0 Å². The number of nitrogens with zero attached hydrogens (tertiary/aromatic N) is 1. The first-order valence-electron chi connectivity index (χ1n) is 8.28. The molecule has 0 atom stereocenters. The van der Waals surface area contributed by atoms with Crippen LogP contribution in [0.1, 0.15) is 59.3 Å². The van der Waals surface area contributed by atoms with Gasteiger partial charge < -0.3 is 14.3 Å². The molecule has 3 heteroatoms.